The highest BCUT2D eigenvalue weighted by atomic mass is 32.1. The molecule has 0 aromatic carbocycles. The zero-order valence-electron chi connectivity index (χ0n) is 15.1. The van der Waals surface area contributed by atoms with Crippen LogP contribution in [-0.2, 0) is 4.74 Å². The van der Waals surface area contributed by atoms with Crippen LogP contribution in [0.25, 0.3) is 21.5 Å². The van der Waals surface area contributed by atoms with Gasteiger partial charge in [-0.1, -0.05) is 11.3 Å². The molecule has 10 heteroatoms. The third-order valence-corrected chi connectivity index (χ3v) is 4.33. The fraction of sp³-hybridized carbons (Fsp3) is 0.353. The maximum atomic E-state index is 11.7. The summed E-state index contributed by atoms with van der Waals surface area (Å²) in [6.45, 7) is 5.77. The van der Waals surface area contributed by atoms with Crippen molar-refractivity contribution < 1.29 is 14.3 Å². The highest BCUT2D eigenvalue weighted by molar-refractivity contribution is 7.22. The molecule has 0 fully saturated rings. The zero-order chi connectivity index (χ0) is 19.1. The van der Waals surface area contributed by atoms with Crippen LogP contribution in [0.1, 0.15) is 13.8 Å². The highest BCUT2D eigenvalue weighted by Crippen LogP contribution is 2.34. The summed E-state index contributed by atoms with van der Waals surface area (Å²) >= 11 is 1.28. The fourth-order valence-electron chi connectivity index (χ4n) is 2.30. The highest BCUT2D eigenvalue weighted by Gasteiger charge is 2.15. The van der Waals surface area contributed by atoms with Crippen LogP contribution >= 0.6 is 11.3 Å². The van der Waals surface area contributed by atoms with Crippen molar-refractivity contribution in [1.82, 2.24) is 25.3 Å². The van der Waals surface area contributed by atoms with Crippen LogP contribution in [-0.4, -0.2) is 52.3 Å². The normalized spacial score (nSPS) is 10.7. The van der Waals surface area contributed by atoms with E-state index in [1.807, 2.05) is 19.9 Å². The quantitative estimate of drug-likeness (QED) is 0.571. The summed E-state index contributed by atoms with van der Waals surface area (Å²) in [5, 5.41) is 5.83. The maximum absolute atomic E-state index is 11.7. The average Bonchev–Trinajstić information content (AvgIpc) is 3.06. The molecule has 0 aliphatic heterocycles. The molecule has 0 atom stereocenters. The number of carbonyl (C=O) groups is 1. The molecule has 0 aliphatic carbocycles. The number of anilines is 1. The van der Waals surface area contributed by atoms with Gasteiger partial charge in [-0.15, -0.1) is 0 Å². The van der Waals surface area contributed by atoms with Gasteiger partial charge in [-0.3, -0.25) is 5.32 Å². The van der Waals surface area contributed by atoms with E-state index in [2.05, 4.69) is 30.6 Å². The summed E-state index contributed by atoms with van der Waals surface area (Å²) in [7, 11) is 0. The van der Waals surface area contributed by atoms with E-state index in [9.17, 15) is 4.79 Å². The molecule has 0 aliphatic rings. The molecule has 3 rings (SSSR count). The predicted octanol–water partition coefficient (Wildman–Crippen LogP) is 2.71. The van der Waals surface area contributed by atoms with Gasteiger partial charge >= 0.3 is 6.03 Å². The lowest BCUT2D eigenvalue weighted by Gasteiger charge is -2.10. The monoisotopic (exact) mass is 388 g/mol. The zero-order valence-corrected chi connectivity index (χ0v) is 15.9. The van der Waals surface area contributed by atoms with Gasteiger partial charge in [0.2, 0.25) is 5.88 Å². The average molecular weight is 388 g/mol. The topological polar surface area (TPSA) is 111 Å². The van der Waals surface area contributed by atoms with E-state index in [1.54, 1.807) is 12.4 Å². The molecule has 0 radical (unpaired) electrons. The van der Waals surface area contributed by atoms with Gasteiger partial charge < -0.3 is 14.8 Å². The Balaban J connectivity index is 1.92. The van der Waals surface area contributed by atoms with Crippen molar-refractivity contribution in [2.24, 2.45) is 0 Å². The van der Waals surface area contributed by atoms with E-state index < -0.39 is 0 Å². The smallest absolute Gasteiger partial charge is 0.321 e. The number of urea groups is 1. The minimum absolute atomic E-state index is 0.304. The summed E-state index contributed by atoms with van der Waals surface area (Å²) < 4.78 is 11.1. The van der Waals surface area contributed by atoms with Gasteiger partial charge in [-0.25, -0.2) is 24.7 Å². The molecule has 0 saturated carbocycles. The first kappa shape index (κ1) is 18.9. The van der Waals surface area contributed by atoms with E-state index in [0.717, 1.165) is 11.1 Å². The van der Waals surface area contributed by atoms with Crippen LogP contribution in [0.5, 0.6) is 5.88 Å². The SMILES string of the molecule is CCNC(=O)Nc1nc2cc(-c3cncnc3)c(OCCOCC)nc2s1. The molecule has 0 bridgehead atoms. The summed E-state index contributed by atoms with van der Waals surface area (Å²) in [5.41, 5.74) is 2.15. The van der Waals surface area contributed by atoms with Crippen LogP contribution in [0.2, 0.25) is 0 Å². The van der Waals surface area contributed by atoms with Crippen molar-refractivity contribution >= 4 is 32.8 Å². The third-order valence-electron chi connectivity index (χ3n) is 3.45. The first-order chi connectivity index (χ1) is 13.2. The molecule has 142 valence electrons. The number of nitrogens with zero attached hydrogens (tertiary/aromatic N) is 4. The maximum Gasteiger partial charge on any atom is 0.321 e. The number of hydrogen-bond acceptors (Lipinski definition) is 8. The minimum Gasteiger partial charge on any atom is -0.475 e. The van der Waals surface area contributed by atoms with Gasteiger partial charge in [0.15, 0.2) is 5.13 Å². The van der Waals surface area contributed by atoms with Gasteiger partial charge in [0.1, 0.15) is 23.3 Å². The second-order valence-corrected chi connectivity index (χ2v) is 6.32. The van der Waals surface area contributed by atoms with Crippen LogP contribution in [0.4, 0.5) is 9.93 Å². The molecule has 2 amide bonds. The van der Waals surface area contributed by atoms with Crippen LogP contribution in [0.15, 0.2) is 24.8 Å². The number of aromatic nitrogens is 4. The molecule has 0 unspecified atom stereocenters. The lowest BCUT2D eigenvalue weighted by Crippen LogP contribution is -2.28. The fourth-order valence-corrected chi connectivity index (χ4v) is 3.11. The lowest BCUT2D eigenvalue weighted by atomic mass is 10.1. The predicted molar refractivity (Wildman–Crippen MR) is 103 cm³/mol. The van der Waals surface area contributed by atoms with Crippen molar-refractivity contribution in [1.29, 1.82) is 0 Å². The van der Waals surface area contributed by atoms with Crippen LogP contribution in [0, 0.1) is 0 Å². The molecule has 27 heavy (non-hydrogen) atoms. The third kappa shape index (κ3) is 4.86. The number of carbonyl (C=O) groups excluding carboxylic acids is 1. The summed E-state index contributed by atoms with van der Waals surface area (Å²) in [6.07, 6.45) is 4.83. The number of hydrogen-bond donors (Lipinski definition) is 2. The molecule has 2 N–H and O–H groups in total. The first-order valence-electron chi connectivity index (χ1n) is 8.53. The summed E-state index contributed by atoms with van der Waals surface area (Å²) in [4.78, 5) is 29.5. The van der Waals surface area contributed by atoms with Gasteiger partial charge in [-0.2, -0.15) is 0 Å². The molecule has 3 aromatic heterocycles. The van der Waals surface area contributed by atoms with E-state index in [1.165, 1.54) is 17.7 Å². The van der Waals surface area contributed by atoms with Crippen molar-refractivity contribution in [2.45, 2.75) is 13.8 Å². The number of ether oxygens (including phenoxy) is 2. The Labute approximate surface area is 160 Å². The van der Waals surface area contributed by atoms with Crippen molar-refractivity contribution in [2.75, 3.05) is 31.7 Å². The van der Waals surface area contributed by atoms with Gasteiger partial charge in [-0.05, 0) is 19.9 Å². The van der Waals surface area contributed by atoms with Crippen LogP contribution < -0.4 is 15.4 Å². The Morgan fingerprint density at radius 3 is 2.74 bits per heavy atom. The Morgan fingerprint density at radius 2 is 2.00 bits per heavy atom. The Morgan fingerprint density at radius 1 is 1.19 bits per heavy atom. The lowest BCUT2D eigenvalue weighted by molar-refractivity contribution is 0.109. The molecule has 0 saturated heterocycles. The molecule has 0 spiro atoms. The van der Waals surface area contributed by atoms with E-state index in [0.29, 0.717) is 47.7 Å². The van der Waals surface area contributed by atoms with Gasteiger partial charge in [0.05, 0.1) is 6.61 Å². The molecule has 3 heterocycles. The second kappa shape index (κ2) is 9.19. The van der Waals surface area contributed by atoms with Crippen molar-refractivity contribution in [3.8, 4) is 17.0 Å². The van der Waals surface area contributed by atoms with E-state index >= 15 is 0 Å². The summed E-state index contributed by atoms with van der Waals surface area (Å²) in [5.74, 6) is 0.449. The molecular formula is C17H20N6O3S. The van der Waals surface area contributed by atoms with E-state index in [-0.39, 0.29) is 6.03 Å². The largest absolute Gasteiger partial charge is 0.475 e. The van der Waals surface area contributed by atoms with Crippen molar-refractivity contribution in [3.05, 3.63) is 24.8 Å². The first-order valence-corrected chi connectivity index (χ1v) is 9.35. The second-order valence-electron chi connectivity index (χ2n) is 5.34. The van der Waals surface area contributed by atoms with Crippen LogP contribution in [0.3, 0.4) is 0 Å². The molecule has 3 aromatic rings. The standard InChI is InChI=1S/C17H20N6O3S/c1-3-20-16(24)23-17-21-13-7-12(11-8-18-10-19-9-11)14(22-15(13)27-17)26-6-5-25-4-2/h7-10H,3-6H2,1-2H3,(H2,20,21,23,24). The Bertz CT molecular complexity index is 902. The van der Waals surface area contributed by atoms with Gasteiger partial charge in [0.25, 0.3) is 0 Å². The van der Waals surface area contributed by atoms with Crippen molar-refractivity contribution in [3.63, 3.8) is 0 Å². The Kier molecular flexibility index (Phi) is 6.44. The number of thiazole rings is 1. The number of amides is 2. The summed E-state index contributed by atoms with van der Waals surface area (Å²) in [6, 6.07) is 1.55. The number of rotatable bonds is 8. The number of pyridine rings is 1. The minimum atomic E-state index is -0.304. The number of nitrogens with one attached hydrogen (secondary N) is 2. The Hall–Kier alpha value is -2.85. The number of fused-ring (bicyclic) bond motifs is 1. The van der Waals surface area contributed by atoms with Gasteiger partial charge in [0, 0.05) is 36.7 Å². The molecular weight excluding hydrogens is 368 g/mol. The van der Waals surface area contributed by atoms with E-state index in [4.69, 9.17) is 9.47 Å². The molecule has 9 nitrogen and oxygen atoms in total.